The molecular weight excluding hydrogens is 293 g/mol. The van der Waals surface area contributed by atoms with Crippen LogP contribution in [0.1, 0.15) is 30.0 Å². The number of nitrogens with one attached hydrogen (secondary N) is 1. The average molecular weight is 310 g/mol. The van der Waals surface area contributed by atoms with E-state index in [2.05, 4.69) is 10.4 Å². The second-order valence-corrected chi connectivity index (χ2v) is 5.61. The van der Waals surface area contributed by atoms with E-state index in [4.69, 9.17) is 16.4 Å². The molecule has 0 spiro atoms. The lowest BCUT2D eigenvalue weighted by Crippen LogP contribution is -2.27. The van der Waals surface area contributed by atoms with Crippen molar-refractivity contribution in [2.45, 2.75) is 25.4 Å². The van der Waals surface area contributed by atoms with Gasteiger partial charge in [0.1, 0.15) is 12.4 Å². The van der Waals surface area contributed by atoms with Crippen LogP contribution < -0.4 is 10.2 Å². The minimum Gasteiger partial charge on any atom is -0.392 e. The standard InChI is InChI=1S/C15H17ClFN3O/c16-13-2-1-12(14(17)9-13)10-21-20-8-5-15(19-20)11-3-6-18-7-4-11/h1-2,5,8-9,11,18H,3-4,6-7,10H2. The van der Waals surface area contributed by atoms with Gasteiger partial charge in [0.25, 0.3) is 0 Å². The van der Waals surface area contributed by atoms with Gasteiger partial charge in [0, 0.05) is 16.5 Å². The van der Waals surface area contributed by atoms with Gasteiger partial charge in [-0.1, -0.05) is 17.7 Å². The molecule has 1 fully saturated rings. The SMILES string of the molecule is Fc1cc(Cl)ccc1COn1ccc(C2CCNCC2)n1. The van der Waals surface area contributed by atoms with Crippen LogP contribution in [-0.2, 0) is 6.61 Å². The van der Waals surface area contributed by atoms with E-state index in [0.717, 1.165) is 31.6 Å². The van der Waals surface area contributed by atoms with Crippen LogP contribution in [0.4, 0.5) is 4.39 Å². The zero-order chi connectivity index (χ0) is 14.7. The van der Waals surface area contributed by atoms with Crippen molar-refractivity contribution in [1.29, 1.82) is 0 Å². The van der Waals surface area contributed by atoms with Crippen molar-refractivity contribution in [1.82, 2.24) is 15.3 Å². The molecule has 1 aromatic carbocycles. The van der Waals surface area contributed by atoms with Gasteiger partial charge < -0.3 is 10.2 Å². The number of hydrogen-bond acceptors (Lipinski definition) is 3. The van der Waals surface area contributed by atoms with Gasteiger partial charge in [0.2, 0.25) is 0 Å². The van der Waals surface area contributed by atoms with Crippen molar-refractivity contribution in [2.24, 2.45) is 0 Å². The summed E-state index contributed by atoms with van der Waals surface area (Å²) in [4.78, 5) is 6.90. The Labute approximate surface area is 127 Å². The lowest BCUT2D eigenvalue weighted by atomic mass is 9.95. The average Bonchev–Trinajstić information content (AvgIpc) is 2.96. The van der Waals surface area contributed by atoms with Gasteiger partial charge in [-0.25, -0.2) is 4.39 Å². The van der Waals surface area contributed by atoms with Crippen LogP contribution in [0.3, 0.4) is 0 Å². The maximum absolute atomic E-state index is 13.6. The summed E-state index contributed by atoms with van der Waals surface area (Å²) >= 11 is 5.72. The number of piperidine rings is 1. The summed E-state index contributed by atoms with van der Waals surface area (Å²) in [6.07, 6.45) is 3.94. The molecule has 21 heavy (non-hydrogen) atoms. The van der Waals surface area contributed by atoms with Gasteiger partial charge in [-0.2, -0.15) is 0 Å². The van der Waals surface area contributed by atoms with Gasteiger partial charge in [0.15, 0.2) is 0 Å². The highest BCUT2D eigenvalue weighted by Crippen LogP contribution is 2.23. The summed E-state index contributed by atoms with van der Waals surface area (Å²) in [5.41, 5.74) is 1.49. The molecule has 1 aromatic heterocycles. The largest absolute Gasteiger partial charge is 0.392 e. The van der Waals surface area contributed by atoms with E-state index in [-0.39, 0.29) is 12.4 Å². The first kappa shape index (κ1) is 14.4. The molecule has 112 valence electrons. The summed E-state index contributed by atoms with van der Waals surface area (Å²) in [5.74, 6) is 0.108. The number of rotatable bonds is 4. The van der Waals surface area contributed by atoms with Gasteiger partial charge >= 0.3 is 0 Å². The Hall–Kier alpha value is -1.59. The van der Waals surface area contributed by atoms with Crippen molar-refractivity contribution >= 4 is 11.6 Å². The van der Waals surface area contributed by atoms with E-state index < -0.39 is 0 Å². The third kappa shape index (κ3) is 3.54. The Kier molecular flexibility index (Phi) is 4.41. The molecule has 0 saturated carbocycles. The quantitative estimate of drug-likeness (QED) is 0.944. The first-order chi connectivity index (χ1) is 10.2. The Morgan fingerprint density at radius 3 is 2.90 bits per heavy atom. The lowest BCUT2D eigenvalue weighted by Gasteiger charge is -2.20. The highest BCUT2D eigenvalue weighted by atomic mass is 35.5. The third-order valence-corrected chi connectivity index (χ3v) is 3.95. The van der Waals surface area contributed by atoms with Gasteiger partial charge in [-0.3, -0.25) is 0 Å². The molecule has 0 radical (unpaired) electrons. The summed E-state index contributed by atoms with van der Waals surface area (Å²) in [5, 5.41) is 8.12. The Morgan fingerprint density at radius 2 is 2.14 bits per heavy atom. The molecule has 1 aliphatic rings. The normalized spacial score (nSPS) is 16.1. The van der Waals surface area contributed by atoms with Crippen molar-refractivity contribution in [3.63, 3.8) is 0 Å². The Morgan fingerprint density at radius 1 is 1.33 bits per heavy atom. The molecule has 4 nitrogen and oxygen atoms in total. The maximum Gasteiger partial charge on any atom is 0.145 e. The van der Waals surface area contributed by atoms with Crippen LogP contribution in [0.5, 0.6) is 0 Å². The summed E-state index contributed by atoms with van der Waals surface area (Å²) in [6.45, 7) is 2.17. The zero-order valence-corrected chi connectivity index (χ0v) is 12.3. The first-order valence-corrected chi connectivity index (χ1v) is 7.43. The first-order valence-electron chi connectivity index (χ1n) is 7.06. The van der Waals surface area contributed by atoms with E-state index in [9.17, 15) is 4.39 Å². The molecule has 3 rings (SSSR count). The number of hydrogen-bond donors (Lipinski definition) is 1. The van der Waals surface area contributed by atoms with Crippen LogP contribution in [0.15, 0.2) is 30.5 Å². The Balaban J connectivity index is 1.61. The molecule has 6 heteroatoms. The summed E-state index contributed by atoms with van der Waals surface area (Å²) in [7, 11) is 0. The Bertz CT molecular complexity index is 611. The molecule has 2 heterocycles. The van der Waals surface area contributed by atoms with Crippen LogP contribution in [0.2, 0.25) is 5.02 Å². The fourth-order valence-electron chi connectivity index (χ4n) is 2.50. The van der Waals surface area contributed by atoms with Crippen LogP contribution in [-0.4, -0.2) is 23.0 Å². The molecule has 1 aliphatic heterocycles. The highest BCUT2D eigenvalue weighted by Gasteiger charge is 2.17. The minimum atomic E-state index is -0.367. The minimum absolute atomic E-state index is 0.121. The number of benzene rings is 1. The summed E-state index contributed by atoms with van der Waals surface area (Å²) < 4.78 is 13.6. The third-order valence-electron chi connectivity index (χ3n) is 3.71. The lowest BCUT2D eigenvalue weighted by molar-refractivity contribution is 0.0670. The topological polar surface area (TPSA) is 39.1 Å². The smallest absolute Gasteiger partial charge is 0.145 e. The molecular formula is C15H17ClFN3O. The van der Waals surface area contributed by atoms with Gasteiger partial charge in [-0.05, 0) is 44.1 Å². The summed E-state index contributed by atoms with van der Waals surface area (Å²) in [6, 6.07) is 6.51. The van der Waals surface area contributed by atoms with Crippen LogP contribution in [0, 0.1) is 5.82 Å². The highest BCUT2D eigenvalue weighted by molar-refractivity contribution is 6.30. The predicted molar refractivity (Wildman–Crippen MR) is 78.8 cm³/mol. The van der Waals surface area contributed by atoms with Crippen molar-refractivity contribution in [3.05, 3.63) is 52.6 Å². The van der Waals surface area contributed by atoms with E-state index in [0.29, 0.717) is 16.5 Å². The molecule has 0 bridgehead atoms. The van der Waals surface area contributed by atoms with E-state index >= 15 is 0 Å². The molecule has 1 saturated heterocycles. The van der Waals surface area contributed by atoms with Gasteiger partial charge in [-0.15, -0.1) is 9.94 Å². The van der Waals surface area contributed by atoms with Crippen molar-refractivity contribution in [2.75, 3.05) is 13.1 Å². The number of halogens is 2. The predicted octanol–water partition coefficient (Wildman–Crippen LogP) is 2.77. The molecule has 0 unspecified atom stereocenters. The molecule has 0 aliphatic carbocycles. The fraction of sp³-hybridized carbons (Fsp3) is 0.400. The number of nitrogens with zero attached hydrogens (tertiary/aromatic N) is 2. The fourth-order valence-corrected chi connectivity index (χ4v) is 2.66. The second-order valence-electron chi connectivity index (χ2n) is 5.18. The van der Waals surface area contributed by atoms with Crippen LogP contribution in [0.25, 0.3) is 0 Å². The monoisotopic (exact) mass is 309 g/mol. The second kappa shape index (κ2) is 6.45. The maximum atomic E-state index is 13.6. The molecule has 2 aromatic rings. The van der Waals surface area contributed by atoms with Crippen molar-refractivity contribution < 1.29 is 9.23 Å². The van der Waals surface area contributed by atoms with Crippen molar-refractivity contribution in [3.8, 4) is 0 Å². The van der Waals surface area contributed by atoms with E-state index in [1.165, 1.54) is 10.9 Å². The zero-order valence-electron chi connectivity index (χ0n) is 11.6. The number of aromatic nitrogens is 2. The molecule has 0 amide bonds. The van der Waals surface area contributed by atoms with E-state index in [1.54, 1.807) is 18.3 Å². The molecule has 1 N–H and O–H groups in total. The molecule has 0 atom stereocenters. The van der Waals surface area contributed by atoms with Crippen LogP contribution >= 0.6 is 11.6 Å². The van der Waals surface area contributed by atoms with E-state index in [1.807, 2.05) is 6.07 Å². The van der Waals surface area contributed by atoms with Gasteiger partial charge in [0.05, 0.1) is 11.9 Å².